The number of hydrogen-bond acceptors (Lipinski definition) is 4. The van der Waals surface area contributed by atoms with Crippen molar-refractivity contribution in [2.45, 2.75) is 18.8 Å². The van der Waals surface area contributed by atoms with Crippen LogP contribution in [0.25, 0.3) is 11.1 Å². The van der Waals surface area contributed by atoms with E-state index < -0.39 is 5.91 Å². The number of guanidine groups is 1. The molecule has 1 aliphatic rings. The zero-order chi connectivity index (χ0) is 12.7. The number of amides is 1. The van der Waals surface area contributed by atoms with E-state index in [2.05, 4.69) is 15.1 Å². The van der Waals surface area contributed by atoms with E-state index in [1.54, 1.807) is 6.07 Å². The Morgan fingerprint density at radius 3 is 2.79 bits per heavy atom. The molecular weight excluding hydrogens is 270 g/mol. The van der Waals surface area contributed by atoms with Crippen LogP contribution in [0.5, 0.6) is 0 Å². The van der Waals surface area contributed by atoms with Gasteiger partial charge in [-0.15, -0.1) is 12.4 Å². The minimum Gasteiger partial charge on any atom is -0.370 e. The third kappa shape index (κ3) is 2.50. The van der Waals surface area contributed by atoms with Crippen LogP contribution >= 0.6 is 12.4 Å². The molecule has 1 fully saturated rings. The Balaban J connectivity index is 0.00000133. The van der Waals surface area contributed by atoms with Gasteiger partial charge in [0.05, 0.1) is 16.6 Å². The highest BCUT2D eigenvalue weighted by molar-refractivity contribution is 6.03. The number of halogens is 1. The second kappa shape index (κ2) is 4.85. The van der Waals surface area contributed by atoms with Gasteiger partial charge in [-0.05, 0) is 18.9 Å². The molecule has 0 atom stereocenters. The quantitative estimate of drug-likeness (QED) is 0.624. The van der Waals surface area contributed by atoms with E-state index in [4.69, 9.17) is 16.0 Å². The molecule has 1 amide bonds. The third-order valence-corrected chi connectivity index (χ3v) is 2.80. The van der Waals surface area contributed by atoms with Gasteiger partial charge < -0.3 is 16.0 Å². The number of aliphatic imine (C=N–C) groups is 1. The number of carbonyl (C=O) groups is 1. The number of pyridine rings is 1. The Bertz CT molecular complexity index is 658. The fraction of sp³-hybridized carbons (Fsp3) is 0.273. The molecule has 0 aliphatic heterocycles. The smallest absolute Gasteiger partial charge is 0.281 e. The summed E-state index contributed by atoms with van der Waals surface area (Å²) in [4.78, 5) is 19.2. The molecule has 0 saturated heterocycles. The second-order valence-electron chi connectivity index (χ2n) is 4.26. The summed E-state index contributed by atoms with van der Waals surface area (Å²) in [7, 11) is 0. The Labute approximate surface area is 114 Å². The van der Waals surface area contributed by atoms with E-state index >= 15 is 0 Å². The normalized spacial score (nSPS) is 13.9. The lowest BCUT2D eigenvalue weighted by Gasteiger charge is -1.96. The highest BCUT2D eigenvalue weighted by Crippen LogP contribution is 2.42. The first kappa shape index (κ1) is 13.3. The van der Waals surface area contributed by atoms with Crippen molar-refractivity contribution in [2.75, 3.05) is 0 Å². The molecule has 4 N–H and O–H groups in total. The van der Waals surface area contributed by atoms with E-state index in [-0.39, 0.29) is 18.4 Å². The lowest BCUT2D eigenvalue weighted by Crippen LogP contribution is -2.24. The van der Waals surface area contributed by atoms with E-state index in [1.807, 2.05) is 0 Å². The monoisotopic (exact) mass is 281 g/mol. The minimum atomic E-state index is -0.521. The summed E-state index contributed by atoms with van der Waals surface area (Å²) in [6.45, 7) is 0. The summed E-state index contributed by atoms with van der Waals surface area (Å²) >= 11 is 0. The van der Waals surface area contributed by atoms with Crippen LogP contribution in [0.1, 0.15) is 34.8 Å². The van der Waals surface area contributed by atoms with Gasteiger partial charge in [0.2, 0.25) is 0 Å². The maximum atomic E-state index is 11.7. The molecule has 0 aromatic carbocycles. The molecule has 2 aromatic heterocycles. The largest absolute Gasteiger partial charge is 0.370 e. The van der Waals surface area contributed by atoms with Gasteiger partial charge in [-0.2, -0.15) is 4.99 Å². The van der Waals surface area contributed by atoms with Gasteiger partial charge in [-0.1, -0.05) is 5.16 Å². The number of aromatic nitrogens is 2. The summed E-state index contributed by atoms with van der Waals surface area (Å²) in [6.07, 6.45) is 3.56. The highest BCUT2D eigenvalue weighted by atomic mass is 35.5. The molecule has 100 valence electrons. The Kier molecular flexibility index (Phi) is 3.39. The predicted octanol–water partition coefficient (Wildman–Crippen LogP) is 0.936. The average Bonchev–Trinajstić information content (AvgIpc) is 3.08. The molecule has 19 heavy (non-hydrogen) atoms. The molecule has 0 bridgehead atoms. The molecule has 1 saturated carbocycles. The number of carbonyl (C=O) groups excluding carboxylic acids is 1. The molecule has 7 nitrogen and oxygen atoms in total. The van der Waals surface area contributed by atoms with Crippen LogP contribution in [0.15, 0.2) is 21.8 Å². The van der Waals surface area contributed by atoms with Crippen molar-refractivity contribution in [2.24, 2.45) is 16.5 Å². The molecule has 3 rings (SSSR count). The van der Waals surface area contributed by atoms with Crippen molar-refractivity contribution in [3.63, 3.8) is 0 Å². The molecule has 2 aromatic rings. The number of hydrogen-bond donors (Lipinski definition) is 2. The molecule has 0 unspecified atom stereocenters. The van der Waals surface area contributed by atoms with Crippen molar-refractivity contribution >= 4 is 35.4 Å². The zero-order valence-corrected chi connectivity index (χ0v) is 10.7. The molecule has 0 spiro atoms. The lowest BCUT2D eigenvalue weighted by molar-refractivity contribution is 0.100. The summed E-state index contributed by atoms with van der Waals surface area (Å²) in [5.41, 5.74) is 11.9. The Morgan fingerprint density at radius 1 is 1.42 bits per heavy atom. The summed E-state index contributed by atoms with van der Waals surface area (Å²) in [6, 6.07) is 1.67. The molecule has 0 radical (unpaired) electrons. The standard InChI is InChI=1S/C11H11N5O2.ClH/c12-11(13)15-9(17)6-3-7-8(5-1-2-5)16-18-10(7)14-4-6;/h3-5H,1-2H2,(H4,12,13,15,17);1H. The maximum Gasteiger partial charge on any atom is 0.281 e. The van der Waals surface area contributed by atoms with Crippen LogP contribution in [-0.2, 0) is 0 Å². The van der Waals surface area contributed by atoms with Crippen LogP contribution < -0.4 is 11.5 Å². The number of nitrogens with zero attached hydrogens (tertiary/aromatic N) is 3. The van der Waals surface area contributed by atoms with Crippen LogP contribution in [0.2, 0.25) is 0 Å². The number of rotatable bonds is 2. The van der Waals surface area contributed by atoms with Crippen molar-refractivity contribution in [1.29, 1.82) is 0 Å². The second-order valence-corrected chi connectivity index (χ2v) is 4.26. The summed E-state index contributed by atoms with van der Waals surface area (Å²) in [5, 5.41) is 4.74. The topological polar surface area (TPSA) is 120 Å². The molecule has 2 heterocycles. The van der Waals surface area contributed by atoms with E-state index in [0.29, 0.717) is 17.2 Å². The maximum absolute atomic E-state index is 11.7. The first-order valence-electron chi connectivity index (χ1n) is 5.54. The van der Waals surface area contributed by atoms with Gasteiger partial charge in [-0.25, -0.2) is 4.98 Å². The van der Waals surface area contributed by atoms with Crippen molar-refractivity contribution in [3.8, 4) is 0 Å². The van der Waals surface area contributed by atoms with E-state index in [1.165, 1.54) is 6.20 Å². The molecule has 8 heteroatoms. The number of fused-ring (bicyclic) bond motifs is 1. The minimum absolute atomic E-state index is 0. The van der Waals surface area contributed by atoms with Crippen molar-refractivity contribution in [1.82, 2.24) is 10.1 Å². The van der Waals surface area contributed by atoms with Gasteiger partial charge >= 0.3 is 0 Å². The Hall–Kier alpha value is -2.15. The van der Waals surface area contributed by atoms with E-state index in [9.17, 15) is 4.79 Å². The van der Waals surface area contributed by atoms with Gasteiger partial charge in [0.15, 0.2) is 5.96 Å². The van der Waals surface area contributed by atoms with E-state index in [0.717, 1.165) is 23.9 Å². The predicted molar refractivity (Wildman–Crippen MR) is 71.2 cm³/mol. The first-order valence-corrected chi connectivity index (χ1v) is 5.54. The third-order valence-electron chi connectivity index (χ3n) is 2.80. The summed E-state index contributed by atoms with van der Waals surface area (Å²) < 4.78 is 5.11. The van der Waals surface area contributed by atoms with Crippen molar-refractivity contribution < 1.29 is 9.32 Å². The van der Waals surface area contributed by atoms with Gasteiger partial charge in [0.1, 0.15) is 0 Å². The molecular formula is C11H12ClN5O2. The SMILES string of the molecule is Cl.NC(N)=NC(=O)c1cnc2onc(C3CC3)c2c1. The van der Waals surface area contributed by atoms with Gasteiger partial charge in [-0.3, -0.25) is 4.79 Å². The first-order chi connectivity index (χ1) is 8.65. The fourth-order valence-electron chi connectivity index (χ4n) is 1.80. The lowest BCUT2D eigenvalue weighted by atomic mass is 10.1. The van der Waals surface area contributed by atoms with Crippen LogP contribution in [0.4, 0.5) is 0 Å². The van der Waals surface area contributed by atoms with Crippen LogP contribution in [0.3, 0.4) is 0 Å². The molecule has 1 aliphatic carbocycles. The van der Waals surface area contributed by atoms with Crippen LogP contribution in [0, 0.1) is 0 Å². The van der Waals surface area contributed by atoms with Crippen LogP contribution in [-0.4, -0.2) is 22.0 Å². The average molecular weight is 282 g/mol. The zero-order valence-electron chi connectivity index (χ0n) is 9.87. The highest BCUT2D eigenvalue weighted by Gasteiger charge is 2.29. The number of nitrogens with two attached hydrogens (primary N) is 2. The fourth-order valence-corrected chi connectivity index (χ4v) is 1.80. The summed E-state index contributed by atoms with van der Waals surface area (Å²) in [5.74, 6) is -0.373. The van der Waals surface area contributed by atoms with Gasteiger partial charge in [0, 0.05) is 12.1 Å². The Morgan fingerprint density at radius 2 is 2.16 bits per heavy atom. The van der Waals surface area contributed by atoms with Gasteiger partial charge in [0.25, 0.3) is 11.6 Å². The van der Waals surface area contributed by atoms with Crippen molar-refractivity contribution in [3.05, 3.63) is 23.5 Å².